The SMILES string of the molecule is COc1cc(-c2cc(C)c(=O)n(C)c2)cc(OC)c1C. The Hall–Kier alpha value is -2.23. The van der Waals surface area contributed by atoms with Crippen LogP contribution < -0.4 is 15.0 Å². The standard InChI is InChI=1S/C16H19NO3/c1-10-6-13(9-17(3)16(10)18)12-7-14(19-4)11(2)15(8-12)20-5/h6-9H,1-5H3. The molecule has 0 aliphatic rings. The molecule has 106 valence electrons. The van der Waals surface area contributed by atoms with E-state index in [1.807, 2.05) is 38.2 Å². The molecule has 1 aromatic carbocycles. The molecule has 0 radical (unpaired) electrons. The third-order valence-corrected chi connectivity index (χ3v) is 3.45. The van der Waals surface area contributed by atoms with Crippen molar-refractivity contribution in [3.63, 3.8) is 0 Å². The van der Waals surface area contributed by atoms with Crippen LogP contribution in [-0.4, -0.2) is 18.8 Å². The fourth-order valence-corrected chi connectivity index (χ4v) is 2.29. The second-order valence-electron chi connectivity index (χ2n) is 4.83. The van der Waals surface area contributed by atoms with Crippen LogP contribution in [-0.2, 0) is 7.05 Å². The average molecular weight is 273 g/mol. The maximum atomic E-state index is 11.8. The molecule has 0 aliphatic heterocycles. The highest BCUT2D eigenvalue weighted by Gasteiger charge is 2.11. The summed E-state index contributed by atoms with van der Waals surface area (Å²) in [7, 11) is 5.02. The van der Waals surface area contributed by atoms with E-state index in [2.05, 4.69) is 0 Å². The summed E-state index contributed by atoms with van der Waals surface area (Å²) >= 11 is 0. The highest BCUT2D eigenvalue weighted by molar-refractivity contribution is 5.69. The maximum Gasteiger partial charge on any atom is 0.253 e. The van der Waals surface area contributed by atoms with E-state index in [9.17, 15) is 4.79 Å². The molecular formula is C16H19NO3. The minimum Gasteiger partial charge on any atom is -0.496 e. The Labute approximate surface area is 118 Å². The van der Waals surface area contributed by atoms with E-state index >= 15 is 0 Å². The van der Waals surface area contributed by atoms with Crippen molar-refractivity contribution in [1.82, 2.24) is 4.57 Å². The fraction of sp³-hybridized carbons (Fsp3) is 0.312. The van der Waals surface area contributed by atoms with Crippen LogP contribution in [0.1, 0.15) is 11.1 Å². The molecule has 0 unspecified atom stereocenters. The van der Waals surface area contributed by atoms with Gasteiger partial charge in [-0.1, -0.05) is 0 Å². The van der Waals surface area contributed by atoms with Gasteiger partial charge >= 0.3 is 0 Å². The van der Waals surface area contributed by atoms with Crippen molar-refractivity contribution in [2.45, 2.75) is 13.8 Å². The van der Waals surface area contributed by atoms with Crippen LogP contribution in [0.3, 0.4) is 0 Å². The smallest absolute Gasteiger partial charge is 0.253 e. The van der Waals surface area contributed by atoms with Crippen molar-refractivity contribution in [2.75, 3.05) is 14.2 Å². The number of methoxy groups -OCH3 is 2. The van der Waals surface area contributed by atoms with Crippen molar-refractivity contribution in [3.05, 3.63) is 45.9 Å². The second kappa shape index (κ2) is 5.41. The summed E-state index contributed by atoms with van der Waals surface area (Å²) in [4.78, 5) is 11.8. The molecule has 0 N–H and O–H groups in total. The number of benzene rings is 1. The normalized spacial score (nSPS) is 10.4. The quantitative estimate of drug-likeness (QED) is 0.863. The van der Waals surface area contributed by atoms with Crippen molar-refractivity contribution in [2.24, 2.45) is 7.05 Å². The van der Waals surface area contributed by atoms with E-state index in [0.717, 1.165) is 28.2 Å². The molecule has 0 spiro atoms. The summed E-state index contributed by atoms with van der Waals surface area (Å²) in [5, 5.41) is 0. The zero-order chi connectivity index (χ0) is 14.9. The average Bonchev–Trinajstić information content (AvgIpc) is 2.44. The molecule has 2 rings (SSSR count). The molecule has 1 heterocycles. The van der Waals surface area contributed by atoms with Crippen LogP contribution in [0.2, 0.25) is 0 Å². The van der Waals surface area contributed by atoms with Gasteiger partial charge < -0.3 is 14.0 Å². The minimum absolute atomic E-state index is 0.0137. The van der Waals surface area contributed by atoms with Gasteiger partial charge in [0.25, 0.3) is 5.56 Å². The molecule has 4 nitrogen and oxygen atoms in total. The van der Waals surface area contributed by atoms with Gasteiger partial charge in [0.05, 0.1) is 14.2 Å². The Bertz CT molecular complexity index is 650. The predicted molar refractivity (Wildman–Crippen MR) is 79.7 cm³/mol. The van der Waals surface area contributed by atoms with Crippen LogP contribution in [0.5, 0.6) is 11.5 Å². The number of rotatable bonds is 3. The number of aromatic nitrogens is 1. The molecule has 4 heteroatoms. The third-order valence-electron chi connectivity index (χ3n) is 3.45. The first kappa shape index (κ1) is 14.2. The van der Waals surface area contributed by atoms with E-state index in [1.165, 1.54) is 0 Å². The molecule has 1 aromatic heterocycles. The van der Waals surface area contributed by atoms with Gasteiger partial charge in [-0.05, 0) is 43.2 Å². The molecular weight excluding hydrogens is 254 g/mol. The van der Waals surface area contributed by atoms with E-state index in [4.69, 9.17) is 9.47 Å². The molecule has 0 amide bonds. The molecule has 0 bridgehead atoms. The van der Waals surface area contributed by atoms with Crippen LogP contribution in [0, 0.1) is 13.8 Å². The van der Waals surface area contributed by atoms with Crippen molar-refractivity contribution in [3.8, 4) is 22.6 Å². The summed E-state index contributed by atoms with van der Waals surface area (Å²) in [5.41, 5.74) is 3.60. The van der Waals surface area contributed by atoms with Gasteiger partial charge in [-0.25, -0.2) is 0 Å². The van der Waals surface area contributed by atoms with E-state index in [0.29, 0.717) is 5.56 Å². The zero-order valence-electron chi connectivity index (χ0n) is 12.5. The Morgan fingerprint density at radius 2 is 1.50 bits per heavy atom. The van der Waals surface area contributed by atoms with Crippen LogP contribution >= 0.6 is 0 Å². The topological polar surface area (TPSA) is 40.5 Å². The van der Waals surface area contributed by atoms with Gasteiger partial charge in [0.15, 0.2) is 0 Å². The van der Waals surface area contributed by atoms with Crippen molar-refractivity contribution >= 4 is 0 Å². The van der Waals surface area contributed by atoms with Gasteiger partial charge in [-0.15, -0.1) is 0 Å². The van der Waals surface area contributed by atoms with Gasteiger partial charge in [-0.2, -0.15) is 0 Å². The molecule has 0 saturated carbocycles. The lowest BCUT2D eigenvalue weighted by atomic mass is 10.0. The lowest BCUT2D eigenvalue weighted by Crippen LogP contribution is -2.18. The summed E-state index contributed by atoms with van der Waals surface area (Å²) in [6.45, 7) is 3.77. The number of hydrogen-bond acceptors (Lipinski definition) is 3. The number of aryl methyl sites for hydroxylation is 2. The van der Waals surface area contributed by atoms with Crippen molar-refractivity contribution < 1.29 is 9.47 Å². The first-order chi connectivity index (χ1) is 9.47. The number of ether oxygens (including phenoxy) is 2. The molecule has 0 aliphatic carbocycles. The number of hydrogen-bond donors (Lipinski definition) is 0. The highest BCUT2D eigenvalue weighted by Crippen LogP contribution is 2.34. The van der Waals surface area contributed by atoms with Gasteiger partial charge in [0.2, 0.25) is 0 Å². The van der Waals surface area contributed by atoms with Crippen LogP contribution in [0.15, 0.2) is 29.2 Å². The van der Waals surface area contributed by atoms with E-state index < -0.39 is 0 Å². The molecule has 2 aromatic rings. The highest BCUT2D eigenvalue weighted by atomic mass is 16.5. The summed E-state index contributed by atoms with van der Waals surface area (Å²) < 4.78 is 12.4. The summed E-state index contributed by atoms with van der Waals surface area (Å²) in [5.74, 6) is 1.54. The van der Waals surface area contributed by atoms with Crippen LogP contribution in [0.4, 0.5) is 0 Å². The van der Waals surface area contributed by atoms with Crippen molar-refractivity contribution in [1.29, 1.82) is 0 Å². The third kappa shape index (κ3) is 2.41. The summed E-state index contributed by atoms with van der Waals surface area (Å²) in [6, 6.07) is 5.79. The Morgan fingerprint density at radius 1 is 0.950 bits per heavy atom. The summed E-state index contributed by atoms with van der Waals surface area (Å²) in [6.07, 6.45) is 1.82. The number of nitrogens with zero attached hydrogens (tertiary/aromatic N) is 1. The monoisotopic (exact) mass is 273 g/mol. The lowest BCUT2D eigenvalue weighted by molar-refractivity contribution is 0.389. The molecule has 20 heavy (non-hydrogen) atoms. The van der Waals surface area contributed by atoms with E-state index in [1.54, 1.807) is 25.8 Å². The van der Waals surface area contributed by atoms with Crippen LogP contribution in [0.25, 0.3) is 11.1 Å². The Kier molecular flexibility index (Phi) is 3.84. The van der Waals surface area contributed by atoms with Gasteiger partial charge in [0.1, 0.15) is 11.5 Å². The molecule has 0 saturated heterocycles. The first-order valence-corrected chi connectivity index (χ1v) is 6.38. The molecule has 0 atom stereocenters. The first-order valence-electron chi connectivity index (χ1n) is 6.38. The van der Waals surface area contributed by atoms with Gasteiger partial charge in [0, 0.05) is 24.4 Å². The lowest BCUT2D eigenvalue weighted by Gasteiger charge is -2.13. The van der Waals surface area contributed by atoms with Gasteiger partial charge in [-0.3, -0.25) is 4.79 Å². The second-order valence-corrected chi connectivity index (χ2v) is 4.83. The van der Waals surface area contributed by atoms with E-state index in [-0.39, 0.29) is 5.56 Å². The Balaban J connectivity index is 2.66. The predicted octanol–water partition coefficient (Wildman–Crippen LogP) is 2.69. The minimum atomic E-state index is 0.0137. The zero-order valence-corrected chi connectivity index (χ0v) is 12.5. The largest absolute Gasteiger partial charge is 0.496 e. The molecule has 0 fully saturated rings. The Morgan fingerprint density at radius 3 is 1.95 bits per heavy atom. The number of pyridine rings is 1. The maximum absolute atomic E-state index is 11.8. The fourth-order valence-electron chi connectivity index (χ4n) is 2.29.